The van der Waals surface area contributed by atoms with E-state index >= 15 is 0 Å². The van der Waals surface area contributed by atoms with Gasteiger partial charge in [-0.2, -0.15) is 0 Å². The number of ether oxygens (including phenoxy) is 1. The second-order valence-electron chi connectivity index (χ2n) is 19.1. The minimum absolute atomic E-state index is 0.118. The van der Waals surface area contributed by atoms with Gasteiger partial charge in [0.2, 0.25) is 0 Å². The highest BCUT2D eigenvalue weighted by Crippen LogP contribution is 2.38. The molecule has 0 saturated heterocycles. The SMILES string of the molecule is C/C(=C\CC[C@@H](C)CCC(OCc1ccccc1)[C@H](C)CCO[Si](C)(C)C(C)(C)C)CC(C[C@@H](C)CO[Si](C)(C)C(C)(C)C)S(=O)(=O)c1ccccc1. The smallest absolute Gasteiger partial charge is 0.191 e. The Morgan fingerprint density at radius 1 is 0.736 bits per heavy atom. The van der Waals surface area contributed by atoms with Crippen LogP contribution in [0.5, 0.6) is 0 Å². The van der Waals surface area contributed by atoms with Crippen LogP contribution in [0.25, 0.3) is 0 Å². The lowest BCUT2D eigenvalue weighted by atomic mass is 9.91. The third-order valence-electron chi connectivity index (χ3n) is 12.1. The summed E-state index contributed by atoms with van der Waals surface area (Å²) < 4.78 is 47.6. The fourth-order valence-corrected chi connectivity index (χ4v) is 10.2. The molecule has 53 heavy (non-hydrogen) atoms. The first kappa shape index (κ1) is 47.6. The van der Waals surface area contributed by atoms with Crippen LogP contribution < -0.4 is 0 Å². The van der Waals surface area contributed by atoms with Crippen LogP contribution >= 0.6 is 0 Å². The molecule has 5 nitrogen and oxygen atoms in total. The molecule has 0 saturated carbocycles. The van der Waals surface area contributed by atoms with Crippen LogP contribution in [-0.4, -0.2) is 49.6 Å². The lowest BCUT2D eigenvalue weighted by molar-refractivity contribution is -0.00877. The van der Waals surface area contributed by atoms with Crippen molar-refractivity contribution in [3.63, 3.8) is 0 Å². The van der Waals surface area contributed by atoms with Crippen molar-refractivity contribution in [2.24, 2.45) is 17.8 Å². The molecule has 0 fully saturated rings. The second-order valence-corrected chi connectivity index (χ2v) is 31.0. The zero-order valence-corrected chi connectivity index (χ0v) is 39.1. The third kappa shape index (κ3) is 16.2. The normalized spacial score (nSPS) is 16.6. The number of rotatable bonds is 23. The summed E-state index contributed by atoms with van der Waals surface area (Å²) in [6, 6.07) is 19.5. The van der Waals surface area contributed by atoms with Crippen molar-refractivity contribution in [3.8, 4) is 0 Å². The zero-order valence-electron chi connectivity index (χ0n) is 36.3. The van der Waals surface area contributed by atoms with E-state index in [1.165, 1.54) is 5.56 Å². The van der Waals surface area contributed by atoms with Crippen LogP contribution in [0.4, 0.5) is 0 Å². The van der Waals surface area contributed by atoms with Crippen LogP contribution in [0.3, 0.4) is 0 Å². The number of sulfone groups is 1. The standard InChI is InChI=1S/C45H78O5SSi2/c1-36(28-29-43(48-35-40-24-17-15-18-25-40)39(4)30-31-49-52(11,12)44(5,6)7)22-21-23-37(2)32-42(51(46,47)41-26-19-16-20-27-41)33-38(3)34-50-53(13,14)45(8,9)10/h15-20,23-27,36,38-39,42-43H,21-22,28-35H2,1-14H3/b37-23+/t36-,38-,39-,42?,43?/m1/s1. The van der Waals surface area contributed by atoms with Gasteiger partial charge in [-0.15, -0.1) is 0 Å². The molecule has 5 atom stereocenters. The van der Waals surface area contributed by atoms with Crippen molar-refractivity contribution in [1.82, 2.24) is 0 Å². The molecular formula is C45H78O5SSi2. The lowest BCUT2D eigenvalue weighted by Gasteiger charge is -2.37. The summed E-state index contributed by atoms with van der Waals surface area (Å²) in [5.41, 5.74) is 2.36. The largest absolute Gasteiger partial charge is 0.417 e. The number of benzene rings is 2. The molecule has 2 aromatic carbocycles. The van der Waals surface area contributed by atoms with E-state index < -0.39 is 31.7 Å². The highest BCUT2D eigenvalue weighted by molar-refractivity contribution is 7.92. The molecule has 2 rings (SSSR count). The summed E-state index contributed by atoms with van der Waals surface area (Å²) in [6.07, 6.45) is 8.70. The molecule has 0 aromatic heterocycles. The summed E-state index contributed by atoms with van der Waals surface area (Å²) >= 11 is 0. The van der Waals surface area contributed by atoms with Crippen LogP contribution in [0.2, 0.25) is 36.3 Å². The minimum atomic E-state index is -3.50. The second kappa shape index (κ2) is 21.1. The summed E-state index contributed by atoms with van der Waals surface area (Å²) in [7, 11) is -7.20. The van der Waals surface area contributed by atoms with Gasteiger partial charge in [-0.1, -0.05) is 122 Å². The van der Waals surface area contributed by atoms with E-state index in [2.05, 4.69) is 132 Å². The summed E-state index contributed by atoms with van der Waals surface area (Å²) in [4.78, 5) is 0.411. The molecule has 0 aliphatic heterocycles. The first-order valence-corrected chi connectivity index (χ1v) is 27.7. The Kier molecular flexibility index (Phi) is 19.0. The molecule has 0 bridgehead atoms. The molecule has 2 unspecified atom stereocenters. The Labute approximate surface area is 329 Å². The van der Waals surface area contributed by atoms with Crippen molar-refractivity contribution in [1.29, 1.82) is 0 Å². The van der Waals surface area contributed by atoms with E-state index in [1.807, 2.05) is 18.2 Å². The Bertz CT molecular complexity index is 1460. The monoisotopic (exact) mass is 787 g/mol. The van der Waals surface area contributed by atoms with Crippen molar-refractivity contribution < 1.29 is 22.0 Å². The maximum Gasteiger partial charge on any atom is 0.191 e. The van der Waals surface area contributed by atoms with Crippen LogP contribution in [0, 0.1) is 17.8 Å². The molecule has 0 N–H and O–H groups in total. The molecular weight excluding hydrogens is 709 g/mol. The van der Waals surface area contributed by atoms with Gasteiger partial charge in [0.25, 0.3) is 0 Å². The van der Waals surface area contributed by atoms with E-state index in [9.17, 15) is 8.42 Å². The molecule has 0 aliphatic carbocycles. The van der Waals surface area contributed by atoms with Gasteiger partial charge in [0.1, 0.15) is 0 Å². The average Bonchev–Trinajstić information content (AvgIpc) is 3.06. The van der Waals surface area contributed by atoms with Crippen molar-refractivity contribution in [2.45, 2.75) is 173 Å². The fraction of sp³-hybridized carbons (Fsp3) is 0.689. The van der Waals surface area contributed by atoms with Gasteiger partial charge in [0, 0.05) is 13.2 Å². The summed E-state index contributed by atoms with van der Waals surface area (Å²) in [5, 5.41) is -0.162. The summed E-state index contributed by atoms with van der Waals surface area (Å²) in [6.45, 7) is 33.7. The maximum atomic E-state index is 14.0. The van der Waals surface area contributed by atoms with Gasteiger partial charge >= 0.3 is 0 Å². The number of allylic oxidation sites excluding steroid dienone is 2. The van der Waals surface area contributed by atoms with E-state index in [0.717, 1.165) is 44.3 Å². The van der Waals surface area contributed by atoms with Gasteiger partial charge in [-0.3, -0.25) is 0 Å². The number of hydrogen-bond donors (Lipinski definition) is 0. The van der Waals surface area contributed by atoms with Gasteiger partial charge in [0.05, 0.1) is 22.9 Å². The Morgan fingerprint density at radius 2 is 1.28 bits per heavy atom. The van der Waals surface area contributed by atoms with E-state index in [0.29, 0.717) is 42.8 Å². The predicted molar refractivity (Wildman–Crippen MR) is 232 cm³/mol. The molecule has 0 heterocycles. The zero-order chi connectivity index (χ0) is 40.1. The lowest BCUT2D eigenvalue weighted by Crippen LogP contribution is -2.42. The predicted octanol–water partition coefficient (Wildman–Crippen LogP) is 13.0. The Hall–Kier alpha value is -1.56. The third-order valence-corrected chi connectivity index (χ3v) is 23.3. The molecule has 0 aliphatic rings. The molecule has 302 valence electrons. The first-order chi connectivity index (χ1) is 24.5. The van der Waals surface area contributed by atoms with Crippen molar-refractivity contribution in [3.05, 3.63) is 77.9 Å². The molecule has 8 heteroatoms. The van der Waals surface area contributed by atoms with Crippen LogP contribution in [-0.2, 0) is 30.0 Å². The van der Waals surface area contributed by atoms with E-state index in [1.54, 1.807) is 12.1 Å². The Morgan fingerprint density at radius 3 is 1.85 bits per heavy atom. The molecule has 0 amide bonds. The highest BCUT2D eigenvalue weighted by Gasteiger charge is 2.39. The Balaban J connectivity index is 2.05. The topological polar surface area (TPSA) is 61.8 Å². The first-order valence-electron chi connectivity index (χ1n) is 20.3. The minimum Gasteiger partial charge on any atom is -0.417 e. The molecule has 2 aromatic rings. The van der Waals surface area contributed by atoms with E-state index in [-0.39, 0.29) is 22.1 Å². The average molecular weight is 787 g/mol. The van der Waals surface area contributed by atoms with Gasteiger partial charge < -0.3 is 13.6 Å². The molecule has 0 spiro atoms. The van der Waals surface area contributed by atoms with Crippen molar-refractivity contribution in [2.75, 3.05) is 13.2 Å². The van der Waals surface area contributed by atoms with Gasteiger partial charge in [-0.05, 0) is 124 Å². The summed E-state index contributed by atoms with van der Waals surface area (Å²) in [5.74, 6) is 1.07. The van der Waals surface area contributed by atoms with E-state index in [4.69, 9.17) is 13.6 Å². The quantitative estimate of drug-likeness (QED) is 0.0829. The number of hydrogen-bond acceptors (Lipinski definition) is 5. The van der Waals surface area contributed by atoms with Gasteiger partial charge in [0.15, 0.2) is 26.5 Å². The van der Waals surface area contributed by atoms with Crippen molar-refractivity contribution >= 4 is 26.5 Å². The maximum absolute atomic E-state index is 14.0. The van der Waals surface area contributed by atoms with Crippen LogP contribution in [0.15, 0.2) is 77.2 Å². The van der Waals surface area contributed by atoms with Crippen LogP contribution in [0.1, 0.15) is 120 Å². The fourth-order valence-electron chi connectivity index (χ4n) is 6.07. The van der Waals surface area contributed by atoms with Gasteiger partial charge in [-0.25, -0.2) is 8.42 Å². The molecule has 0 radical (unpaired) electrons. The highest BCUT2D eigenvalue weighted by atomic mass is 32.2.